The van der Waals surface area contributed by atoms with Gasteiger partial charge in [0.15, 0.2) is 0 Å². The summed E-state index contributed by atoms with van der Waals surface area (Å²) in [6.07, 6.45) is 3.01. The number of likely N-dealkylation sites (tertiary alicyclic amines) is 1. The van der Waals surface area contributed by atoms with Crippen LogP contribution < -0.4 is 0 Å². The molecule has 3 aromatic rings. The number of benzene rings is 2. The summed E-state index contributed by atoms with van der Waals surface area (Å²) >= 11 is 0. The number of aromatic nitrogens is 1. The molecule has 1 N–H and O–H groups in total. The lowest BCUT2D eigenvalue weighted by atomic mass is 9.89. The quantitative estimate of drug-likeness (QED) is 0.729. The van der Waals surface area contributed by atoms with Crippen LogP contribution in [0.4, 0.5) is 4.39 Å². The third-order valence-corrected chi connectivity index (χ3v) is 5.49. The maximum atomic E-state index is 13.4. The second-order valence-electron chi connectivity index (χ2n) is 7.22. The first-order valence-corrected chi connectivity index (χ1v) is 9.23. The molecule has 1 aromatic heterocycles. The van der Waals surface area contributed by atoms with Crippen molar-refractivity contribution in [2.75, 3.05) is 13.1 Å². The minimum atomic E-state index is -0.361. The molecule has 1 amide bonds. The van der Waals surface area contributed by atoms with Gasteiger partial charge in [-0.15, -0.1) is 0 Å². The Kier molecular flexibility index (Phi) is 4.49. The topological polar surface area (TPSA) is 36.1 Å². The molecule has 0 atom stereocenters. The zero-order chi connectivity index (χ0) is 18.1. The third-order valence-electron chi connectivity index (χ3n) is 5.49. The monoisotopic (exact) mass is 350 g/mol. The molecule has 0 aliphatic carbocycles. The van der Waals surface area contributed by atoms with Crippen LogP contribution >= 0.6 is 0 Å². The molecule has 0 saturated carbocycles. The van der Waals surface area contributed by atoms with E-state index < -0.39 is 0 Å². The molecular weight excluding hydrogens is 327 g/mol. The van der Waals surface area contributed by atoms with Crippen molar-refractivity contribution in [3.63, 3.8) is 0 Å². The minimum Gasteiger partial charge on any atom is -0.358 e. The van der Waals surface area contributed by atoms with Gasteiger partial charge in [-0.05, 0) is 61.9 Å². The fourth-order valence-electron chi connectivity index (χ4n) is 4.03. The second kappa shape index (κ2) is 6.94. The molecule has 2 heterocycles. The Labute approximate surface area is 152 Å². The number of amides is 1. The smallest absolute Gasteiger partial charge is 0.253 e. The summed E-state index contributed by atoms with van der Waals surface area (Å²) in [7, 11) is 0. The Morgan fingerprint density at radius 3 is 2.69 bits per heavy atom. The Balaban J connectivity index is 1.42. The van der Waals surface area contributed by atoms with Crippen molar-refractivity contribution in [3.8, 4) is 0 Å². The van der Waals surface area contributed by atoms with Crippen LogP contribution in [0.1, 0.15) is 34.5 Å². The molecule has 1 aliphatic rings. The summed E-state index contributed by atoms with van der Waals surface area (Å²) < 4.78 is 13.4. The van der Waals surface area contributed by atoms with E-state index in [0.29, 0.717) is 11.5 Å². The largest absolute Gasteiger partial charge is 0.358 e. The highest BCUT2D eigenvalue weighted by Crippen LogP contribution is 2.29. The highest BCUT2D eigenvalue weighted by Gasteiger charge is 2.25. The van der Waals surface area contributed by atoms with E-state index in [1.807, 2.05) is 4.90 Å². The maximum Gasteiger partial charge on any atom is 0.253 e. The number of H-pyrrole nitrogens is 1. The number of hydrogen-bond donors (Lipinski definition) is 1. The van der Waals surface area contributed by atoms with Gasteiger partial charge >= 0.3 is 0 Å². The number of rotatable bonds is 3. The van der Waals surface area contributed by atoms with Gasteiger partial charge in [0, 0.05) is 35.2 Å². The van der Waals surface area contributed by atoms with Crippen molar-refractivity contribution in [2.24, 2.45) is 5.92 Å². The first-order valence-electron chi connectivity index (χ1n) is 9.23. The molecule has 1 saturated heterocycles. The van der Waals surface area contributed by atoms with Crippen LogP contribution in [0.2, 0.25) is 0 Å². The number of nitrogens with zero attached hydrogens (tertiary/aromatic N) is 1. The normalized spacial score (nSPS) is 15.5. The number of piperidine rings is 1. The third kappa shape index (κ3) is 3.24. The fraction of sp³-hybridized carbons (Fsp3) is 0.318. The molecule has 4 rings (SSSR count). The molecule has 26 heavy (non-hydrogen) atoms. The summed E-state index contributed by atoms with van der Waals surface area (Å²) in [6.45, 7) is 3.61. The van der Waals surface area contributed by atoms with Crippen molar-refractivity contribution in [2.45, 2.75) is 26.2 Å². The Morgan fingerprint density at radius 1 is 1.15 bits per heavy atom. The number of carbonyl (C=O) groups excluding carboxylic acids is 1. The van der Waals surface area contributed by atoms with E-state index in [0.717, 1.165) is 32.4 Å². The predicted octanol–water partition coefficient (Wildman–Crippen LogP) is 4.71. The number of aryl methyl sites for hydroxylation is 1. The van der Waals surface area contributed by atoms with E-state index in [4.69, 9.17) is 0 Å². The molecule has 0 spiro atoms. The van der Waals surface area contributed by atoms with Crippen molar-refractivity contribution >= 4 is 16.8 Å². The van der Waals surface area contributed by atoms with E-state index >= 15 is 0 Å². The molecule has 1 aliphatic heterocycles. The van der Waals surface area contributed by atoms with E-state index in [2.05, 4.69) is 36.2 Å². The number of nitrogens with one attached hydrogen (secondary N) is 1. The second-order valence-corrected chi connectivity index (χ2v) is 7.22. The zero-order valence-electron chi connectivity index (χ0n) is 15.0. The molecule has 0 bridgehead atoms. The standard InChI is InChI=1S/C22H23FN2O/c1-15-20(19-7-2-3-8-21(19)24-15)13-16-9-11-25(12-10-16)22(26)17-5-4-6-18(23)14-17/h2-8,14,16,24H,9-13H2,1H3. The average molecular weight is 350 g/mol. The van der Waals surface area contributed by atoms with Crippen molar-refractivity contribution < 1.29 is 9.18 Å². The molecule has 4 heteroatoms. The summed E-state index contributed by atoms with van der Waals surface area (Å²) in [5.41, 5.74) is 4.27. The fourth-order valence-corrected chi connectivity index (χ4v) is 4.03. The van der Waals surface area contributed by atoms with Gasteiger partial charge in [0.05, 0.1) is 0 Å². The van der Waals surface area contributed by atoms with Gasteiger partial charge in [-0.2, -0.15) is 0 Å². The van der Waals surface area contributed by atoms with E-state index in [9.17, 15) is 9.18 Å². The lowest BCUT2D eigenvalue weighted by Gasteiger charge is -2.32. The van der Waals surface area contributed by atoms with Gasteiger partial charge < -0.3 is 9.88 Å². The zero-order valence-corrected chi connectivity index (χ0v) is 15.0. The Hall–Kier alpha value is -2.62. The predicted molar refractivity (Wildman–Crippen MR) is 102 cm³/mol. The molecule has 3 nitrogen and oxygen atoms in total. The van der Waals surface area contributed by atoms with Crippen LogP contribution in [0.3, 0.4) is 0 Å². The number of fused-ring (bicyclic) bond motifs is 1. The van der Waals surface area contributed by atoms with Crippen molar-refractivity contribution in [1.29, 1.82) is 0 Å². The maximum absolute atomic E-state index is 13.4. The van der Waals surface area contributed by atoms with Crippen molar-refractivity contribution in [3.05, 3.63) is 71.2 Å². The lowest BCUT2D eigenvalue weighted by Crippen LogP contribution is -2.39. The van der Waals surface area contributed by atoms with Gasteiger partial charge in [-0.1, -0.05) is 24.3 Å². The van der Waals surface area contributed by atoms with Crippen LogP contribution in [0, 0.1) is 18.7 Å². The summed E-state index contributed by atoms with van der Waals surface area (Å²) in [5, 5.41) is 1.31. The van der Waals surface area contributed by atoms with Crippen LogP contribution in [-0.2, 0) is 6.42 Å². The van der Waals surface area contributed by atoms with E-state index in [1.54, 1.807) is 12.1 Å². The molecule has 2 aromatic carbocycles. The number of carbonyl (C=O) groups is 1. The summed E-state index contributed by atoms with van der Waals surface area (Å²) in [5.74, 6) is 0.149. The van der Waals surface area contributed by atoms with Gasteiger partial charge in [-0.25, -0.2) is 4.39 Å². The first kappa shape index (κ1) is 16.8. The van der Waals surface area contributed by atoms with E-state index in [-0.39, 0.29) is 11.7 Å². The highest BCUT2D eigenvalue weighted by atomic mass is 19.1. The Morgan fingerprint density at radius 2 is 1.92 bits per heavy atom. The average Bonchev–Trinajstić information content (AvgIpc) is 2.97. The molecule has 1 fully saturated rings. The Bertz CT molecular complexity index is 938. The van der Waals surface area contributed by atoms with Crippen LogP contribution in [0.5, 0.6) is 0 Å². The van der Waals surface area contributed by atoms with Crippen LogP contribution in [0.15, 0.2) is 48.5 Å². The van der Waals surface area contributed by atoms with Crippen LogP contribution in [-0.4, -0.2) is 28.9 Å². The minimum absolute atomic E-state index is 0.0637. The molecular formula is C22H23FN2O. The molecule has 0 radical (unpaired) electrons. The van der Waals surface area contributed by atoms with Gasteiger partial charge in [0.1, 0.15) is 5.82 Å². The number of hydrogen-bond acceptors (Lipinski definition) is 1. The number of para-hydroxylation sites is 1. The number of aromatic amines is 1. The SMILES string of the molecule is Cc1[nH]c2ccccc2c1CC1CCN(C(=O)c2cccc(F)c2)CC1. The number of halogens is 1. The van der Waals surface area contributed by atoms with E-state index in [1.165, 1.54) is 34.3 Å². The van der Waals surface area contributed by atoms with Crippen LogP contribution in [0.25, 0.3) is 10.9 Å². The first-order chi connectivity index (χ1) is 12.6. The summed E-state index contributed by atoms with van der Waals surface area (Å²) in [6, 6.07) is 14.4. The lowest BCUT2D eigenvalue weighted by molar-refractivity contribution is 0.0690. The molecule has 134 valence electrons. The van der Waals surface area contributed by atoms with Gasteiger partial charge in [-0.3, -0.25) is 4.79 Å². The van der Waals surface area contributed by atoms with Crippen molar-refractivity contribution in [1.82, 2.24) is 9.88 Å². The highest BCUT2D eigenvalue weighted by molar-refractivity contribution is 5.94. The van der Waals surface area contributed by atoms with Gasteiger partial charge in [0.25, 0.3) is 5.91 Å². The van der Waals surface area contributed by atoms with Gasteiger partial charge in [0.2, 0.25) is 0 Å². The summed E-state index contributed by atoms with van der Waals surface area (Å²) in [4.78, 5) is 17.9. The molecule has 0 unspecified atom stereocenters.